The number of aliphatic hydroxyl groups is 1. The Labute approximate surface area is 233 Å². The van der Waals surface area contributed by atoms with Crippen LogP contribution >= 0.6 is 0 Å². The number of ketones is 1. The molecule has 1 heterocycles. The van der Waals surface area contributed by atoms with E-state index >= 15 is 0 Å². The van der Waals surface area contributed by atoms with E-state index in [0.29, 0.717) is 17.4 Å². The van der Waals surface area contributed by atoms with Gasteiger partial charge in [-0.1, -0.05) is 60.1 Å². The summed E-state index contributed by atoms with van der Waals surface area (Å²) in [6.07, 6.45) is 10.3. The van der Waals surface area contributed by atoms with Crippen LogP contribution in [-0.2, 0) is 10.2 Å². The van der Waals surface area contributed by atoms with Crippen molar-refractivity contribution in [2.45, 2.75) is 112 Å². The van der Waals surface area contributed by atoms with Crippen molar-refractivity contribution in [2.75, 3.05) is 0 Å². The van der Waals surface area contributed by atoms with E-state index in [1.54, 1.807) is 0 Å². The van der Waals surface area contributed by atoms with E-state index in [-0.39, 0.29) is 45.2 Å². The highest BCUT2D eigenvalue weighted by atomic mass is 16.4. The van der Waals surface area contributed by atoms with Gasteiger partial charge in [0.15, 0.2) is 5.78 Å². The van der Waals surface area contributed by atoms with E-state index in [4.69, 9.17) is 4.42 Å². The van der Waals surface area contributed by atoms with Gasteiger partial charge in [-0.25, -0.2) is 0 Å². The Balaban J connectivity index is 1.48. The minimum Gasteiger partial charge on any atom is -0.425 e. The van der Waals surface area contributed by atoms with Crippen LogP contribution in [0.15, 0.2) is 27.7 Å². The first-order valence-corrected chi connectivity index (χ1v) is 14.9. The van der Waals surface area contributed by atoms with Crippen molar-refractivity contribution in [2.24, 2.45) is 44.8 Å². The number of hydrogen-bond donors (Lipinski definition) is 1. The monoisotopic (exact) mass is 531 g/mol. The van der Waals surface area contributed by atoms with Gasteiger partial charge in [0, 0.05) is 23.7 Å². The molecule has 5 aliphatic rings. The summed E-state index contributed by atoms with van der Waals surface area (Å²) in [5.41, 5.74) is 0.284. The molecule has 6 nitrogen and oxygen atoms in total. The molecule has 1 unspecified atom stereocenters. The molecular formula is C33H45N3O3. The van der Waals surface area contributed by atoms with Crippen molar-refractivity contribution in [3.63, 3.8) is 0 Å². The number of allylic oxidation sites excluding steroid dienone is 3. The van der Waals surface area contributed by atoms with Crippen LogP contribution < -0.4 is 0 Å². The van der Waals surface area contributed by atoms with Crippen molar-refractivity contribution in [3.8, 4) is 6.07 Å². The third kappa shape index (κ3) is 3.26. The summed E-state index contributed by atoms with van der Waals surface area (Å²) in [5.74, 6) is 1.91. The summed E-state index contributed by atoms with van der Waals surface area (Å²) in [6, 6.07) is 2.30. The standard InChI is InChI=1S/C33H45N3O3/c1-19-35-36-27(39-19)30(5)12-11-29(4)13-14-33(8)25(21(29)17-30)22(37)15-24-31(6)16-20(18-34)26(38)28(2,3)23(31)9-10-32(24,33)7/h15-16,21,23,25-26,38H,9-14,17H2,1-8H3/t21-,23-,25-,26?,29+,30-,31-,32+,33+/m0/s1. The van der Waals surface area contributed by atoms with E-state index < -0.39 is 16.9 Å². The number of rotatable bonds is 1. The zero-order valence-electron chi connectivity index (χ0n) is 25.0. The van der Waals surface area contributed by atoms with Crippen molar-refractivity contribution < 1.29 is 14.3 Å². The normalized spacial score (nSPS) is 48.5. The van der Waals surface area contributed by atoms with Crippen molar-refractivity contribution >= 4 is 5.78 Å². The fourth-order valence-corrected chi connectivity index (χ4v) is 10.6. The number of carbonyl (C=O) groups excluding carboxylic acids is 1. The molecule has 0 aliphatic heterocycles. The molecule has 6 rings (SSSR count). The van der Waals surface area contributed by atoms with Gasteiger partial charge >= 0.3 is 0 Å². The van der Waals surface area contributed by atoms with Gasteiger partial charge in [0.05, 0.1) is 17.7 Å². The molecule has 0 saturated heterocycles. The number of carbonyl (C=O) groups is 1. The van der Waals surface area contributed by atoms with E-state index in [2.05, 4.69) is 64.7 Å². The average Bonchev–Trinajstić information content (AvgIpc) is 3.31. The minimum absolute atomic E-state index is 0.0598. The zero-order valence-corrected chi connectivity index (χ0v) is 25.0. The quantitative estimate of drug-likeness (QED) is 0.436. The first kappa shape index (κ1) is 26.9. The molecule has 0 aromatic carbocycles. The largest absolute Gasteiger partial charge is 0.425 e. The molecule has 0 amide bonds. The number of aryl methyl sites for hydroxylation is 1. The highest BCUT2D eigenvalue weighted by molar-refractivity contribution is 5.95. The third-order valence-corrected chi connectivity index (χ3v) is 13.3. The molecule has 0 radical (unpaired) electrons. The highest BCUT2D eigenvalue weighted by Gasteiger charge is 2.69. The third-order valence-electron chi connectivity index (χ3n) is 13.3. The molecular weight excluding hydrogens is 486 g/mol. The molecule has 39 heavy (non-hydrogen) atoms. The Kier molecular flexibility index (Phi) is 5.48. The van der Waals surface area contributed by atoms with Gasteiger partial charge in [-0.2, -0.15) is 5.26 Å². The Morgan fingerprint density at radius 3 is 2.36 bits per heavy atom. The molecule has 0 spiro atoms. The maximum absolute atomic E-state index is 14.5. The Hall–Kier alpha value is -2.26. The molecule has 5 aliphatic carbocycles. The second-order valence-corrected chi connectivity index (χ2v) is 15.6. The smallest absolute Gasteiger partial charge is 0.222 e. The predicted molar refractivity (Wildman–Crippen MR) is 148 cm³/mol. The predicted octanol–water partition coefficient (Wildman–Crippen LogP) is 6.64. The van der Waals surface area contributed by atoms with Gasteiger partial charge in [-0.3, -0.25) is 4.79 Å². The van der Waals surface area contributed by atoms with Crippen molar-refractivity contribution in [1.29, 1.82) is 5.26 Å². The van der Waals surface area contributed by atoms with Gasteiger partial charge < -0.3 is 9.52 Å². The fraction of sp³-hybridized carbons (Fsp3) is 0.758. The number of aromatic nitrogens is 2. The Morgan fingerprint density at radius 1 is 1.03 bits per heavy atom. The molecule has 210 valence electrons. The molecule has 9 atom stereocenters. The summed E-state index contributed by atoms with van der Waals surface area (Å²) in [6.45, 7) is 17.7. The molecule has 3 fully saturated rings. The number of fused-ring (bicyclic) bond motifs is 7. The van der Waals surface area contributed by atoms with E-state index in [9.17, 15) is 15.2 Å². The molecule has 1 aromatic rings. The average molecular weight is 532 g/mol. The molecule has 3 saturated carbocycles. The van der Waals surface area contributed by atoms with Crippen LogP contribution in [-0.4, -0.2) is 27.2 Å². The summed E-state index contributed by atoms with van der Waals surface area (Å²) in [4.78, 5) is 14.5. The number of aliphatic hydroxyl groups excluding tert-OH is 1. The lowest BCUT2D eigenvalue weighted by atomic mass is 9.34. The van der Waals surface area contributed by atoms with Crippen LogP contribution in [0, 0.1) is 63.1 Å². The number of nitrogens with zero attached hydrogens (tertiary/aromatic N) is 3. The number of nitriles is 1. The minimum atomic E-state index is -0.781. The lowest BCUT2D eigenvalue weighted by Crippen LogP contribution is -2.65. The van der Waals surface area contributed by atoms with Gasteiger partial charge in [0.1, 0.15) is 0 Å². The summed E-state index contributed by atoms with van der Waals surface area (Å²) < 4.78 is 5.98. The van der Waals surface area contributed by atoms with Crippen molar-refractivity contribution in [3.05, 3.63) is 35.1 Å². The van der Waals surface area contributed by atoms with Crippen LogP contribution in [0.4, 0.5) is 0 Å². The second-order valence-electron chi connectivity index (χ2n) is 15.6. The Bertz CT molecular complexity index is 1350. The van der Waals surface area contributed by atoms with E-state index in [1.165, 1.54) is 5.57 Å². The number of hydrogen-bond acceptors (Lipinski definition) is 6. The Morgan fingerprint density at radius 2 is 1.72 bits per heavy atom. The van der Waals surface area contributed by atoms with Gasteiger partial charge in [0.25, 0.3) is 0 Å². The summed E-state index contributed by atoms with van der Waals surface area (Å²) in [5, 5.41) is 29.7. The van der Waals surface area contributed by atoms with Crippen LogP contribution in [0.3, 0.4) is 0 Å². The topological polar surface area (TPSA) is 100 Å². The van der Waals surface area contributed by atoms with Gasteiger partial charge in [-0.05, 0) is 84.5 Å². The molecule has 1 N–H and O–H groups in total. The first-order chi connectivity index (χ1) is 18.1. The molecule has 0 bridgehead atoms. The summed E-state index contributed by atoms with van der Waals surface area (Å²) >= 11 is 0. The maximum Gasteiger partial charge on any atom is 0.222 e. The molecule has 6 heteroatoms. The molecule has 1 aromatic heterocycles. The second kappa shape index (κ2) is 7.93. The van der Waals surface area contributed by atoms with Gasteiger partial charge in [-0.15, -0.1) is 10.2 Å². The van der Waals surface area contributed by atoms with Gasteiger partial charge in [0.2, 0.25) is 11.8 Å². The fourth-order valence-electron chi connectivity index (χ4n) is 10.6. The summed E-state index contributed by atoms with van der Waals surface area (Å²) in [7, 11) is 0. The highest BCUT2D eigenvalue weighted by Crippen LogP contribution is 2.74. The van der Waals surface area contributed by atoms with Crippen LogP contribution in [0.5, 0.6) is 0 Å². The zero-order chi connectivity index (χ0) is 28.4. The SMILES string of the molecule is Cc1nnc([C@@]2(C)CC[C@]3(C)CC[C@]4(C)[C@H](C(=O)C=C5[C@@]6(C)C=C(C#N)C(O)C(C)(C)[C@@H]6CC[C@]54C)[C@@H]3C2)o1. The van der Waals surface area contributed by atoms with Crippen molar-refractivity contribution in [1.82, 2.24) is 10.2 Å². The van der Waals surface area contributed by atoms with Crippen LogP contribution in [0.1, 0.15) is 105 Å². The maximum atomic E-state index is 14.5. The first-order valence-electron chi connectivity index (χ1n) is 14.9. The van der Waals surface area contributed by atoms with Crippen LogP contribution in [0.2, 0.25) is 0 Å². The van der Waals surface area contributed by atoms with E-state index in [1.807, 2.05) is 19.1 Å². The lowest BCUT2D eigenvalue weighted by Gasteiger charge is -2.69. The lowest BCUT2D eigenvalue weighted by molar-refractivity contribution is -0.167. The van der Waals surface area contributed by atoms with Crippen LogP contribution in [0.25, 0.3) is 0 Å². The van der Waals surface area contributed by atoms with E-state index in [0.717, 1.165) is 44.9 Å².